The second kappa shape index (κ2) is 13.1. The molecule has 5 aromatic rings. The molecular weight excluding hydrogens is 555 g/mol. The van der Waals surface area contributed by atoms with Crippen molar-refractivity contribution < 1.29 is 27.9 Å². The van der Waals surface area contributed by atoms with Crippen LogP contribution in [0.15, 0.2) is 84.5 Å². The first-order valence-corrected chi connectivity index (χ1v) is 13.2. The summed E-state index contributed by atoms with van der Waals surface area (Å²) in [4.78, 5) is 35.6. The summed E-state index contributed by atoms with van der Waals surface area (Å²) >= 11 is 1.58. The highest BCUT2D eigenvalue weighted by atomic mass is 32.1. The molecule has 41 heavy (non-hydrogen) atoms. The molecule has 0 aliphatic carbocycles. The number of thiazole rings is 1. The lowest BCUT2D eigenvalue weighted by molar-refractivity contribution is -0.192. The zero-order chi connectivity index (χ0) is 29.4. The van der Waals surface area contributed by atoms with Gasteiger partial charge in [0.25, 0.3) is 5.91 Å². The van der Waals surface area contributed by atoms with Gasteiger partial charge >= 0.3 is 12.1 Å². The molecule has 12 heteroatoms. The van der Waals surface area contributed by atoms with Gasteiger partial charge in [0, 0.05) is 53.8 Å². The maximum absolute atomic E-state index is 13.0. The topological polar surface area (TPSA) is 131 Å². The van der Waals surface area contributed by atoms with Crippen molar-refractivity contribution in [3.8, 4) is 22.4 Å². The molecule has 0 radical (unpaired) electrons. The average molecular weight is 580 g/mol. The van der Waals surface area contributed by atoms with Crippen molar-refractivity contribution in [2.75, 3.05) is 6.54 Å². The minimum atomic E-state index is -5.08. The Labute approximate surface area is 236 Å². The number of nitrogens with one attached hydrogen (secondary N) is 1. The normalized spacial score (nSPS) is 11.0. The molecule has 0 saturated carbocycles. The number of aliphatic carboxylic acids is 1. The van der Waals surface area contributed by atoms with Crippen molar-refractivity contribution in [2.24, 2.45) is 5.73 Å². The monoisotopic (exact) mass is 579 g/mol. The van der Waals surface area contributed by atoms with E-state index in [-0.39, 0.29) is 5.91 Å². The van der Waals surface area contributed by atoms with Crippen molar-refractivity contribution in [3.63, 3.8) is 0 Å². The lowest BCUT2D eigenvalue weighted by Crippen LogP contribution is -2.26. The molecule has 0 spiro atoms. The van der Waals surface area contributed by atoms with Crippen LogP contribution >= 0.6 is 11.3 Å². The molecule has 0 fully saturated rings. The van der Waals surface area contributed by atoms with Crippen LogP contribution in [0, 0.1) is 0 Å². The van der Waals surface area contributed by atoms with Crippen LogP contribution in [0.2, 0.25) is 0 Å². The molecule has 0 aliphatic rings. The fourth-order valence-corrected chi connectivity index (χ4v) is 4.50. The third-order valence-electron chi connectivity index (χ3n) is 5.86. The van der Waals surface area contributed by atoms with Crippen LogP contribution in [0.25, 0.3) is 33.3 Å². The summed E-state index contributed by atoms with van der Waals surface area (Å²) in [6.07, 6.45) is -0.995. The molecule has 3 aromatic heterocycles. The number of rotatable bonds is 7. The molecular formula is C29H24F3N5O3S. The number of carbonyl (C=O) groups excluding carboxylic acids is 1. The number of alkyl halides is 3. The van der Waals surface area contributed by atoms with E-state index in [4.69, 9.17) is 20.6 Å². The van der Waals surface area contributed by atoms with Crippen LogP contribution in [-0.4, -0.2) is 44.7 Å². The van der Waals surface area contributed by atoms with Gasteiger partial charge in [0.2, 0.25) is 0 Å². The van der Waals surface area contributed by atoms with E-state index in [2.05, 4.69) is 15.3 Å². The SMILES string of the molecule is NCc1ccc(-c2nc3ccnc(C(=O)NCCc4nccs4)c3cc2-c2ccccc2)cc1.O=C(O)C(F)(F)F. The first-order valence-electron chi connectivity index (χ1n) is 12.3. The van der Waals surface area contributed by atoms with E-state index < -0.39 is 12.1 Å². The van der Waals surface area contributed by atoms with Gasteiger partial charge in [-0.2, -0.15) is 13.2 Å². The number of pyridine rings is 2. The molecule has 210 valence electrons. The Morgan fingerprint density at radius 2 is 1.66 bits per heavy atom. The van der Waals surface area contributed by atoms with Gasteiger partial charge in [0.15, 0.2) is 0 Å². The smallest absolute Gasteiger partial charge is 0.475 e. The van der Waals surface area contributed by atoms with E-state index in [0.29, 0.717) is 25.2 Å². The van der Waals surface area contributed by atoms with Gasteiger partial charge in [0.1, 0.15) is 5.69 Å². The molecule has 8 nitrogen and oxygen atoms in total. The molecule has 0 bridgehead atoms. The summed E-state index contributed by atoms with van der Waals surface area (Å²) in [6, 6.07) is 22.0. The number of nitrogens with zero attached hydrogens (tertiary/aromatic N) is 3. The molecule has 0 unspecified atom stereocenters. The summed E-state index contributed by atoms with van der Waals surface area (Å²) in [5, 5.41) is 13.7. The van der Waals surface area contributed by atoms with E-state index in [0.717, 1.165) is 43.9 Å². The van der Waals surface area contributed by atoms with Crippen molar-refractivity contribution in [1.29, 1.82) is 0 Å². The average Bonchev–Trinajstić information content (AvgIpc) is 3.50. The molecule has 0 saturated heterocycles. The standard InChI is InChI=1S/C27H23N5OS.C2HF3O2/c28-17-18-6-8-20(9-7-18)25-21(19-4-2-1-3-5-19)16-22-23(32-25)10-12-30-26(22)27(33)31-13-11-24-29-14-15-34-24;3-2(4,5)1(6)7/h1-10,12,14-16H,11,13,17,28H2,(H,31,33);(H,6,7). The van der Waals surface area contributed by atoms with Crippen LogP contribution in [-0.2, 0) is 17.8 Å². The Kier molecular flexibility index (Phi) is 9.37. The van der Waals surface area contributed by atoms with Crippen molar-refractivity contribution in [3.05, 3.63) is 101 Å². The number of carboxylic acids is 1. The third kappa shape index (κ3) is 7.50. The number of fused-ring (bicyclic) bond motifs is 1. The number of benzene rings is 2. The van der Waals surface area contributed by atoms with E-state index in [1.165, 1.54) is 0 Å². The zero-order valence-corrected chi connectivity index (χ0v) is 22.2. The maximum Gasteiger partial charge on any atom is 0.490 e. The second-order valence-corrected chi connectivity index (χ2v) is 9.59. The van der Waals surface area contributed by atoms with Crippen molar-refractivity contribution >= 4 is 34.1 Å². The predicted octanol–water partition coefficient (Wildman–Crippen LogP) is 5.48. The van der Waals surface area contributed by atoms with E-state index in [1.807, 2.05) is 72.1 Å². The highest BCUT2D eigenvalue weighted by Gasteiger charge is 2.38. The molecule has 3 heterocycles. The Morgan fingerprint density at radius 1 is 0.951 bits per heavy atom. The number of aromatic nitrogens is 3. The van der Waals surface area contributed by atoms with Crippen LogP contribution in [0.5, 0.6) is 0 Å². The fourth-order valence-electron chi connectivity index (χ4n) is 3.88. The largest absolute Gasteiger partial charge is 0.490 e. The quantitative estimate of drug-likeness (QED) is 0.233. The highest BCUT2D eigenvalue weighted by molar-refractivity contribution is 7.09. The summed E-state index contributed by atoms with van der Waals surface area (Å²) in [5.41, 5.74) is 11.7. The first kappa shape index (κ1) is 29.3. The number of carboxylic acid groups (broad SMARTS) is 1. The molecule has 5 rings (SSSR count). The van der Waals surface area contributed by atoms with E-state index in [9.17, 15) is 18.0 Å². The number of nitrogens with two attached hydrogens (primary N) is 1. The van der Waals surface area contributed by atoms with Crippen LogP contribution < -0.4 is 11.1 Å². The lowest BCUT2D eigenvalue weighted by atomic mass is 9.96. The summed E-state index contributed by atoms with van der Waals surface area (Å²) in [5.74, 6) is -2.98. The van der Waals surface area contributed by atoms with Gasteiger partial charge in [-0.25, -0.2) is 14.8 Å². The molecule has 1 amide bonds. The van der Waals surface area contributed by atoms with Gasteiger partial charge in [-0.3, -0.25) is 9.78 Å². The van der Waals surface area contributed by atoms with E-state index in [1.54, 1.807) is 23.7 Å². The predicted molar refractivity (Wildman–Crippen MR) is 150 cm³/mol. The highest BCUT2D eigenvalue weighted by Crippen LogP contribution is 2.34. The Morgan fingerprint density at radius 3 is 2.27 bits per heavy atom. The number of amides is 1. The number of hydrogen-bond acceptors (Lipinski definition) is 7. The third-order valence-corrected chi connectivity index (χ3v) is 6.70. The van der Waals surface area contributed by atoms with Gasteiger partial charge in [-0.15, -0.1) is 11.3 Å². The molecule has 4 N–H and O–H groups in total. The van der Waals surface area contributed by atoms with Crippen LogP contribution in [0.3, 0.4) is 0 Å². The fraction of sp³-hybridized carbons (Fsp3) is 0.138. The zero-order valence-electron chi connectivity index (χ0n) is 21.4. The Balaban J connectivity index is 0.000000493. The summed E-state index contributed by atoms with van der Waals surface area (Å²) in [7, 11) is 0. The van der Waals surface area contributed by atoms with Crippen molar-refractivity contribution in [2.45, 2.75) is 19.1 Å². The van der Waals surface area contributed by atoms with Gasteiger partial charge in [0.05, 0.1) is 16.2 Å². The Bertz CT molecular complexity index is 1630. The van der Waals surface area contributed by atoms with Gasteiger partial charge in [-0.05, 0) is 23.3 Å². The molecule has 0 atom stereocenters. The molecule has 0 aliphatic heterocycles. The van der Waals surface area contributed by atoms with Crippen LogP contribution in [0.4, 0.5) is 13.2 Å². The lowest BCUT2D eigenvalue weighted by Gasteiger charge is -2.14. The number of halogens is 3. The van der Waals surface area contributed by atoms with Gasteiger partial charge < -0.3 is 16.2 Å². The van der Waals surface area contributed by atoms with Gasteiger partial charge in [-0.1, -0.05) is 54.6 Å². The number of carbonyl (C=O) groups is 2. The second-order valence-electron chi connectivity index (χ2n) is 8.61. The van der Waals surface area contributed by atoms with Crippen molar-refractivity contribution in [1.82, 2.24) is 20.3 Å². The van der Waals surface area contributed by atoms with Crippen LogP contribution in [0.1, 0.15) is 21.1 Å². The summed E-state index contributed by atoms with van der Waals surface area (Å²) in [6.45, 7) is 0.985. The first-order chi connectivity index (χ1) is 19.7. The minimum absolute atomic E-state index is 0.219. The molecule has 2 aromatic carbocycles. The minimum Gasteiger partial charge on any atom is -0.475 e. The van der Waals surface area contributed by atoms with E-state index >= 15 is 0 Å². The Hall–Kier alpha value is -4.68. The maximum atomic E-state index is 13.0. The summed E-state index contributed by atoms with van der Waals surface area (Å²) < 4.78 is 31.7. The number of hydrogen-bond donors (Lipinski definition) is 3.